The van der Waals surface area contributed by atoms with E-state index in [0.717, 1.165) is 0 Å². The Morgan fingerprint density at radius 1 is 1.70 bits per heavy atom. The molecule has 0 heterocycles. The van der Waals surface area contributed by atoms with Crippen molar-refractivity contribution in [3.8, 4) is 0 Å². The first-order valence-electron chi connectivity index (χ1n) is 3.07. The van der Waals surface area contributed by atoms with Crippen molar-refractivity contribution < 1.29 is 19.7 Å². The van der Waals surface area contributed by atoms with Crippen LogP contribution in [0.1, 0.15) is 6.92 Å². The molecule has 60 valence electrons. The third-order valence-electron chi connectivity index (χ3n) is 0.940. The largest absolute Gasteiger partial charge is 0.480 e. The molecule has 0 radical (unpaired) electrons. The molecular formula is C6H12O4. The average Bonchev–Trinajstić information content (AvgIpc) is 1.87. The fourth-order valence-electron chi connectivity index (χ4n) is 0.400. The second-order valence-electron chi connectivity index (χ2n) is 2.20. The second kappa shape index (κ2) is 5.20. The number of hydrogen-bond donors (Lipinski definition) is 2. The number of aliphatic hydroxyl groups is 1. The highest BCUT2D eigenvalue weighted by Crippen LogP contribution is 1.92. The molecule has 0 aromatic rings. The Morgan fingerprint density at radius 3 is 2.70 bits per heavy atom. The molecule has 0 aliphatic carbocycles. The fourth-order valence-corrected chi connectivity index (χ4v) is 0.400. The number of hydrogen-bond acceptors (Lipinski definition) is 3. The van der Waals surface area contributed by atoms with E-state index in [1.165, 1.54) is 0 Å². The third-order valence-corrected chi connectivity index (χ3v) is 0.940. The highest BCUT2D eigenvalue weighted by Gasteiger charge is 2.01. The van der Waals surface area contributed by atoms with Crippen molar-refractivity contribution in [1.29, 1.82) is 0 Å². The fraction of sp³-hybridized carbons (Fsp3) is 0.833. The van der Waals surface area contributed by atoms with Crippen LogP contribution in [0, 0.1) is 5.92 Å². The van der Waals surface area contributed by atoms with Crippen molar-refractivity contribution in [2.24, 2.45) is 5.92 Å². The normalized spacial score (nSPS) is 13.0. The zero-order valence-corrected chi connectivity index (χ0v) is 5.91. The maximum Gasteiger partial charge on any atom is 0.329 e. The van der Waals surface area contributed by atoms with Gasteiger partial charge in [0, 0.05) is 12.5 Å². The molecule has 0 aromatic heterocycles. The number of carboxylic acids is 1. The lowest BCUT2D eigenvalue weighted by atomic mass is 10.2. The molecule has 2 N–H and O–H groups in total. The van der Waals surface area contributed by atoms with Gasteiger partial charge in [0.05, 0.1) is 6.61 Å². The maximum atomic E-state index is 9.88. The van der Waals surface area contributed by atoms with Crippen LogP contribution in [0.3, 0.4) is 0 Å². The van der Waals surface area contributed by atoms with E-state index in [2.05, 4.69) is 4.74 Å². The van der Waals surface area contributed by atoms with Gasteiger partial charge in [0.15, 0.2) is 0 Å². The first-order chi connectivity index (χ1) is 4.66. The van der Waals surface area contributed by atoms with Crippen LogP contribution in [0.15, 0.2) is 0 Å². The number of carboxylic acid groups (broad SMARTS) is 1. The van der Waals surface area contributed by atoms with E-state index in [9.17, 15) is 4.79 Å². The van der Waals surface area contributed by atoms with Gasteiger partial charge in [-0.3, -0.25) is 0 Å². The van der Waals surface area contributed by atoms with Crippen LogP contribution in [0.5, 0.6) is 0 Å². The molecule has 0 unspecified atom stereocenters. The third kappa shape index (κ3) is 5.53. The molecule has 0 fully saturated rings. The van der Waals surface area contributed by atoms with E-state index in [1.54, 1.807) is 6.92 Å². The van der Waals surface area contributed by atoms with E-state index in [0.29, 0.717) is 6.61 Å². The van der Waals surface area contributed by atoms with E-state index >= 15 is 0 Å². The maximum absolute atomic E-state index is 9.88. The summed E-state index contributed by atoms with van der Waals surface area (Å²) < 4.78 is 4.69. The lowest BCUT2D eigenvalue weighted by Crippen LogP contribution is -2.14. The van der Waals surface area contributed by atoms with Gasteiger partial charge in [-0.1, -0.05) is 6.92 Å². The van der Waals surface area contributed by atoms with E-state index < -0.39 is 5.97 Å². The van der Waals surface area contributed by atoms with E-state index in [4.69, 9.17) is 10.2 Å². The summed E-state index contributed by atoms with van der Waals surface area (Å²) in [5.74, 6) is -0.968. The molecule has 0 saturated carbocycles. The van der Waals surface area contributed by atoms with Crippen molar-refractivity contribution in [2.45, 2.75) is 6.92 Å². The van der Waals surface area contributed by atoms with Crippen LogP contribution in [-0.2, 0) is 9.53 Å². The van der Waals surface area contributed by atoms with Gasteiger partial charge in [0.2, 0.25) is 0 Å². The Bertz CT molecular complexity index is 102. The molecule has 0 spiro atoms. The lowest BCUT2D eigenvalue weighted by Gasteiger charge is -2.05. The van der Waals surface area contributed by atoms with E-state index in [1.807, 2.05) is 0 Å². The van der Waals surface area contributed by atoms with Crippen LogP contribution < -0.4 is 0 Å². The Labute approximate surface area is 59.4 Å². The summed E-state index contributed by atoms with van der Waals surface area (Å²) in [6.07, 6.45) is 0. The minimum atomic E-state index is -0.981. The second-order valence-corrected chi connectivity index (χ2v) is 2.20. The predicted octanol–water partition coefficient (Wildman–Crippen LogP) is -0.284. The van der Waals surface area contributed by atoms with E-state index in [-0.39, 0.29) is 19.1 Å². The topological polar surface area (TPSA) is 66.8 Å². The molecule has 0 amide bonds. The number of carbonyl (C=O) groups is 1. The summed E-state index contributed by atoms with van der Waals surface area (Å²) in [5.41, 5.74) is 0. The van der Waals surface area contributed by atoms with Crippen molar-refractivity contribution in [3.05, 3.63) is 0 Å². The van der Waals surface area contributed by atoms with Gasteiger partial charge in [-0.15, -0.1) is 0 Å². The monoisotopic (exact) mass is 148 g/mol. The van der Waals surface area contributed by atoms with Crippen molar-refractivity contribution >= 4 is 5.97 Å². The summed E-state index contributed by atoms with van der Waals surface area (Å²) >= 11 is 0. The predicted molar refractivity (Wildman–Crippen MR) is 34.7 cm³/mol. The van der Waals surface area contributed by atoms with Gasteiger partial charge in [-0.05, 0) is 0 Å². The van der Waals surface area contributed by atoms with Crippen LogP contribution in [0.25, 0.3) is 0 Å². The Morgan fingerprint density at radius 2 is 2.30 bits per heavy atom. The Balaban J connectivity index is 3.11. The molecule has 0 saturated heterocycles. The van der Waals surface area contributed by atoms with Gasteiger partial charge in [-0.2, -0.15) is 0 Å². The SMILES string of the molecule is C[C@H](CO)COCC(=O)O. The van der Waals surface area contributed by atoms with Gasteiger partial charge in [0.25, 0.3) is 0 Å². The quantitative estimate of drug-likeness (QED) is 0.562. The summed E-state index contributed by atoms with van der Waals surface area (Å²) in [5, 5.41) is 16.6. The van der Waals surface area contributed by atoms with Crippen LogP contribution >= 0.6 is 0 Å². The molecule has 0 rings (SSSR count). The number of rotatable bonds is 5. The number of aliphatic hydroxyl groups excluding tert-OH is 1. The molecule has 1 atom stereocenters. The van der Waals surface area contributed by atoms with Crippen LogP contribution in [0.4, 0.5) is 0 Å². The Hall–Kier alpha value is -0.610. The minimum absolute atomic E-state index is 0.0133. The molecule has 10 heavy (non-hydrogen) atoms. The standard InChI is InChI=1S/C6H12O4/c1-5(2-7)3-10-4-6(8)9/h5,7H,2-4H2,1H3,(H,8,9)/t5-/m1/s1. The molecule has 4 nitrogen and oxygen atoms in total. The van der Waals surface area contributed by atoms with Crippen molar-refractivity contribution in [1.82, 2.24) is 0 Å². The zero-order chi connectivity index (χ0) is 7.98. The van der Waals surface area contributed by atoms with Gasteiger partial charge in [-0.25, -0.2) is 4.79 Å². The van der Waals surface area contributed by atoms with Crippen molar-refractivity contribution in [3.63, 3.8) is 0 Å². The summed E-state index contributed by atoms with van der Waals surface area (Å²) in [7, 11) is 0. The summed E-state index contributed by atoms with van der Waals surface area (Å²) in [6, 6.07) is 0. The smallest absolute Gasteiger partial charge is 0.329 e. The van der Waals surface area contributed by atoms with Crippen LogP contribution in [-0.4, -0.2) is 36.0 Å². The van der Waals surface area contributed by atoms with Gasteiger partial charge in [0.1, 0.15) is 6.61 Å². The lowest BCUT2D eigenvalue weighted by molar-refractivity contribution is -0.142. The molecule has 0 aliphatic heterocycles. The molecule has 0 aromatic carbocycles. The molecule has 4 heteroatoms. The number of ether oxygens (including phenoxy) is 1. The number of aliphatic carboxylic acids is 1. The molecular weight excluding hydrogens is 136 g/mol. The molecule has 0 bridgehead atoms. The summed E-state index contributed by atoms with van der Waals surface area (Å²) in [4.78, 5) is 9.88. The van der Waals surface area contributed by atoms with Gasteiger partial charge >= 0.3 is 5.97 Å². The minimum Gasteiger partial charge on any atom is -0.480 e. The van der Waals surface area contributed by atoms with Gasteiger partial charge < -0.3 is 14.9 Å². The molecule has 0 aliphatic rings. The van der Waals surface area contributed by atoms with Crippen molar-refractivity contribution in [2.75, 3.05) is 19.8 Å². The highest BCUT2D eigenvalue weighted by molar-refractivity contribution is 5.67. The first-order valence-corrected chi connectivity index (χ1v) is 3.07. The van der Waals surface area contributed by atoms with Crippen LogP contribution in [0.2, 0.25) is 0 Å². The zero-order valence-electron chi connectivity index (χ0n) is 5.91. The first kappa shape index (κ1) is 9.39. The average molecular weight is 148 g/mol. The highest BCUT2D eigenvalue weighted by atomic mass is 16.5. The summed E-state index contributed by atoms with van der Waals surface area (Å²) in [6.45, 7) is 1.81. The Kier molecular flexibility index (Phi) is 4.88.